The van der Waals surface area contributed by atoms with Gasteiger partial charge < -0.3 is 26.0 Å². The predicted octanol–water partition coefficient (Wildman–Crippen LogP) is 2.54. The second-order valence-electron chi connectivity index (χ2n) is 11.9. The van der Waals surface area contributed by atoms with E-state index in [2.05, 4.69) is 25.8 Å². The molecule has 1 aromatic carbocycles. The molecule has 4 N–H and O–H groups in total. The molecule has 0 unspecified atom stereocenters. The fourth-order valence-electron chi connectivity index (χ4n) is 5.29. The largest absolute Gasteiger partial charge is 0.391 e. The Bertz CT molecular complexity index is 1200. The summed E-state index contributed by atoms with van der Waals surface area (Å²) in [6, 6.07) is 6.05. The van der Waals surface area contributed by atoms with Gasteiger partial charge in [-0.25, -0.2) is 4.98 Å². The Kier molecular flexibility index (Phi) is 13.2. The van der Waals surface area contributed by atoms with E-state index in [-0.39, 0.29) is 68.1 Å². The lowest BCUT2D eigenvalue weighted by Crippen LogP contribution is -2.59. The molecule has 13 heteroatoms. The van der Waals surface area contributed by atoms with E-state index in [0.717, 1.165) is 47.9 Å². The van der Waals surface area contributed by atoms with Gasteiger partial charge in [-0.05, 0) is 30.4 Å². The number of β-amino-alcohol motifs (C(OH)–C–C–N with tert-alkyl or cyclic N) is 1. The Labute approximate surface area is 264 Å². The molecule has 234 valence electrons. The van der Waals surface area contributed by atoms with Crippen LogP contribution in [0.15, 0.2) is 29.8 Å². The molecule has 3 amide bonds. The third-order valence-electron chi connectivity index (χ3n) is 7.64. The first kappa shape index (κ1) is 35.9. The lowest BCUT2D eigenvalue weighted by Gasteiger charge is -2.36. The SMILES string of the molecule is Cc1ncsc1-c1ccc([C@H](C)NC(=O)[C@@H]2C[C@@H](O)CN2C(=O)[C@@H](NC(=O)CN2CCNCC2)C(C)(C)C)cc1.Cl.Cl. The summed E-state index contributed by atoms with van der Waals surface area (Å²) in [5, 5.41) is 19.7. The van der Waals surface area contributed by atoms with Crippen LogP contribution in [0, 0.1) is 12.3 Å². The highest BCUT2D eigenvalue weighted by Crippen LogP contribution is 2.29. The van der Waals surface area contributed by atoms with Gasteiger partial charge in [-0.15, -0.1) is 36.2 Å². The number of aromatic nitrogens is 1. The number of amides is 3. The molecule has 2 fully saturated rings. The van der Waals surface area contributed by atoms with Gasteiger partial charge in [0.15, 0.2) is 0 Å². The van der Waals surface area contributed by atoms with Gasteiger partial charge in [0.25, 0.3) is 0 Å². The molecule has 2 aliphatic heterocycles. The first-order valence-electron chi connectivity index (χ1n) is 14.0. The zero-order valence-electron chi connectivity index (χ0n) is 24.9. The van der Waals surface area contributed by atoms with Crippen molar-refractivity contribution in [1.29, 1.82) is 0 Å². The van der Waals surface area contributed by atoms with Crippen molar-refractivity contribution in [3.63, 3.8) is 0 Å². The maximum absolute atomic E-state index is 13.8. The molecular weight excluding hydrogens is 599 g/mol. The summed E-state index contributed by atoms with van der Waals surface area (Å²) in [6.07, 6.45) is -0.659. The highest BCUT2D eigenvalue weighted by molar-refractivity contribution is 7.13. The van der Waals surface area contributed by atoms with Crippen LogP contribution in [0.4, 0.5) is 0 Å². The van der Waals surface area contributed by atoms with Crippen molar-refractivity contribution in [2.75, 3.05) is 39.3 Å². The average molecular weight is 644 g/mol. The molecular formula is C29H44Cl2N6O4S. The second-order valence-corrected chi connectivity index (χ2v) is 12.8. The number of piperazine rings is 1. The van der Waals surface area contributed by atoms with Crippen molar-refractivity contribution in [2.45, 2.75) is 65.3 Å². The topological polar surface area (TPSA) is 127 Å². The molecule has 0 bridgehead atoms. The molecule has 0 spiro atoms. The van der Waals surface area contributed by atoms with E-state index in [4.69, 9.17) is 0 Å². The molecule has 0 radical (unpaired) electrons. The standard InChI is InChI=1S/C29H42N6O4S.2ClH/c1-18(20-6-8-21(9-7-20)25-19(2)31-17-40-25)32-27(38)23-14-22(36)15-35(23)28(39)26(29(3,4)5)33-24(37)16-34-12-10-30-11-13-34;;/h6-9,17-18,22-23,26,30,36H,10-16H2,1-5H3,(H,32,38)(H,33,37);2*1H/t18-,22+,23-,26+;;/m0../s1. The molecule has 4 atom stereocenters. The highest BCUT2D eigenvalue weighted by Gasteiger charge is 2.44. The zero-order valence-corrected chi connectivity index (χ0v) is 27.3. The lowest BCUT2D eigenvalue weighted by atomic mass is 9.85. The molecule has 4 rings (SSSR count). The number of thiazole rings is 1. The summed E-state index contributed by atoms with van der Waals surface area (Å²) in [7, 11) is 0. The first-order valence-corrected chi connectivity index (χ1v) is 14.8. The minimum atomic E-state index is -0.830. The molecule has 42 heavy (non-hydrogen) atoms. The number of hydrogen-bond acceptors (Lipinski definition) is 8. The van der Waals surface area contributed by atoms with E-state index in [1.807, 2.05) is 64.4 Å². The number of aryl methyl sites for hydroxylation is 1. The normalized spacial score (nSPS) is 20.6. The number of nitrogens with zero attached hydrogens (tertiary/aromatic N) is 3. The van der Waals surface area contributed by atoms with Gasteiger partial charge >= 0.3 is 0 Å². The number of aliphatic hydroxyl groups is 1. The fraction of sp³-hybridized carbons (Fsp3) is 0.586. The Morgan fingerprint density at radius 3 is 2.33 bits per heavy atom. The van der Waals surface area contributed by atoms with Gasteiger partial charge in [0, 0.05) is 39.1 Å². The minimum absolute atomic E-state index is 0. The molecule has 3 heterocycles. The van der Waals surface area contributed by atoms with E-state index in [1.165, 1.54) is 4.90 Å². The van der Waals surface area contributed by atoms with E-state index in [9.17, 15) is 19.5 Å². The summed E-state index contributed by atoms with van der Waals surface area (Å²) < 4.78 is 0. The van der Waals surface area contributed by atoms with Crippen LogP contribution in [0.5, 0.6) is 0 Å². The maximum atomic E-state index is 13.8. The first-order chi connectivity index (χ1) is 18.9. The van der Waals surface area contributed by atoms with Crippen LogP contribution in [0.3, 0.4) is 0 Å². The second kappa shape index (κ2) is 15.4. The lowest BCUT2D eigenvalue weighted by molar-refractivity contribution is -0.144. The van der Waals surface area contributed by atoms with E-state index < -0.39 is 23.6 Å². The van der Waals surface area contributed by atoms with Crippen LogP contribution in [0.1, 0.15) is 51.4 Å². The van der Waals surface area contributed by atoms with Crippen molar-refractivity contribution in [2.24, 2.45) is 5.41 Å². The Balaban J connectivity index is 0.00000308. The molecule has 2 aliphatic rings. The van der Waals surface area contributed by atoms with Gasteiger partial charge in [-0.2, -0.15) is 0 Å². The van der Waals surface area contributed by atoms with Crippen LogP contribution in [-0.2, 0) is 14.4 Å². The van der Waals surface area contributed by atoms with E-state index in [0.29, 0.717) is 0 Å². The van der Waals surface area contributed by atoms with Gasteiger partial charge in [-0.3, -0.25) is 19.3 Å². The molecule has 0 saturated carbocycles. The Morgan fingerprint density at radius 2 is 1.76 bits per heavy atom. The van der Waals surface area contributed by atoms with Crippen LogP contribution in [0.2, 0.25) is 0 Å². The summed E-state index contributed by atoms with van der Waals surface area (Å²) in [5.74, 6) is -0.893. The fourth-order valence-corrected chi connectivity index (χ4v) is 6.11. The summed E-state index contributed by atoms with van der Waals surface area (Å²) in [6.45, 7) is 13.0. The van der Waals surface area contributed by atoms with Crippen LogP contribution < -0.4 is 16.0 Å². The van der Waals surface area contributed by atoms with Crippen molar-refractivity contribution in [3.05, 3.63) is 41.0 Å². The third-order valence-corrected chi connectivity index (χ3v) is 8.61. The van der Waals surface area contributed by atoms with Crippen LogP contribution in [0.25, 0.3) is 10.4 Å². The predicted molar refractivity (Wildman–Crippen MR) is 170 cm³/mol. The average Bonchev–Trinajstić information content (AvgIpc) is 3.52. The molecule has 1 aromatic heterocycles. The van der Waals surface area contributed by atoms with Crippen molar-refractivity contribution >= 4 is 53.9 Å². The molecule has 0 aliphatic carbocycles. The van der Waals surface area contributed by atoms with Gasteiger partial charge in [0.2, 0.25) is 17.7 Å². The number of likely N-dealkylation sites (tertiary alicyclic amines) is 1. The monoisotopic (exact) mass is 642 g/mol. The Hall–Kier alpha value is -2.28. The molecule has 2 saturated heterocycles. The van der Waals surface area contributed by atoms with Crippen molar-refractivity contribution in [1.82, 2.24) is 30.7 Å². The highest BCUT2D eigenvalue weighted by atomic mass is 35.5. The van der Waals surface area contributed by atoms with Gasteiger partial charge in [0.1, 0.15) is 12.1 Å². The number of aliphatic hydroxyl groups excluding tert-OH is 1. The van der Waals surface area contributed by atoms with E-state index in [1.54, 1.807) is 11.3 Å². The zero-order chi connectivity index (χ0) is 29.0. The summed E-state index contributed by atoms with van der Waals surface area (Å²) in [4.78, 5) is 49.1. The number of carbonyl (C=O) groups is 3. The number of nitrogens with one attached hydrogen (secondary N) is 3. The number of halogens is 2. The molecule has 2 aromatic rings. The number of hydrogen-bond donors (Lipinski definition) is 4. The summed E-state index contributed by atoms with van der Waals surface area (Å²) in [5.41, 5.74) is 4.23. The summed E-state index contributed by atoms with van der Waals surface area (Å²) >= 11 is 1.59. The smallest absolute Gasteiger partial charge is 0.246 e. The van der Waals surface area contributed by atoms with Crippen LogP contribution >= 0.6 is 36.2 Å². The molecule has 10 nitrogen and oxygen atoms in total. The van der Waals surface area contributed by atoms with Crippen LogP contribution in [-0.4, -0.2) is 95.1 Å². The van der Waals surface area contributed by atoms with E-state index >= 15 is 0 Å². The van der Waals surface area contributed by atoms with Crippen molar-refractivity contribution in [3.8, 4) is 10.4 Å². The van der Waals surface area contributed by atoms with Gasteiger partial charge in [0.05, 0.1) is 34.8 Å². The number of carbonyl (C=O) groups excluding carboxylic acids is 3. The minimum Gasteiger partial charge on any atom is -0.391 e. The maximum Gasteiger partial charge on any atom is 0.246 e. The quantitative estimate of drug-likeness (QED) is 0.349. The third kappa shape index (κ3) is 8.87. The number of rotatable bonds is 8. The van der Waals surface area contributed by atoms with Gasteiger partial charge in [-0.1, -0.05) is 45.0 Å². The Morgan fingerprint density at radius 1 is 1.12 bits per heavy atom. The van der Waals surface area contributed by atoms with Crippen molar-refractivity contribution < 1.29 is 19.5 Å². The number of benzene rings is 1.